The first-order valence-electron chi connectivity index (χ1n) is 4.09. The third kappa shape index (κ3) is 1.90. The van der Waals surface area contributed by atoms with Gasteiger partial charge in [0.2, 0.25) is 0 Å². The number of carbonyl (C=O) groups is 2. The molecule has 0 saturated carbocycles. The normalized spacial score (nSPS) is 9.47. The highest BCUT2D eigenvalue weighted by Crippen LogP contribution is 2.29. The lowest BCUT2D eigenvalue weighted by atomic mass is 10.1. The van der Waals surface area contributed by atoms with E-state index in [1.807, 2.05) is 0 Å². The summed E-state index contributed by atoms with van der Waals surface area (Å²) >= 11 is 0. The molecule has 0 radical (unpaired) electrons. The van der Waals surface area contributed by atoms with E-state index in [4.69, 9.17) is 4.74 Å². The number of hydrogen-bond donors (Lipinski definition) is 1. The number of benzene rings is 1. The minimum Gasteiger partial charge on any atom is -0.506 e. The van der Waals surface area contributed by atoms with Crippen molar-refractivity contribution in [1.29, 1.82) is 0 Å². The van der Waals surface area contributed by atoms with E-state index < -0.39 is 11.7 Å². The fourth-order valence-electron chi connectivity index (χ4n) is 1.16. The van der Waals surface area contributed by atoms with Crippen molar-refractivity contribution in [2.24, 2.45) is 0 Å². The van der Waals surface area contributed by atoms with Crippen LogP contribution in [0.25, 0.3) is 0 Å². The van der Waals surface area contributed by atoms with Crippen molar-refractivity contribution in [2.75, 3.05) is 14.2 Å². The first kappa shape index (κ1) is 11.0. The largest absolute Gasteiger partial charge is 0.506 e. The van der Waals surface area contributed by atoms with Gasteiger partial charge in [-0.05, 0) is 12.1 Å². The number of phenols is 1. The molecule has 0 saturated heterocycles. The predicted octanol–water partition coefficient (Wildman–Crippen LogP) is 1.000. The number of phenolic OH excluding ortho intramolecular Hbond substituents is 1. The maximum absolute atomic E-state index is 11.2. The van der Waals surface area contributed by atoms with Crippen LogP contribution in [0, 0.1) is 0 Å². The molecule has 0 bridgehead atoms. The van der Waals surface area contributed by atoms with Crippen molar-refractivity contribution < 1.29 is 24.2 Å². The molecular formula is C10H10O5. The summed E-state index contributed by atoms with van der Waals surface area (Å²) in [6.07, 6.45) is 0.417. The van der Waals surface area contributed by atoms with Crippen LogP contribution in [0.15, 0.2) is 12.1 Å². The number of carbonyl (C=O) groups excluding carboxylic acids is 2. The van der Waals surface area contributed by atoms with Gasteiger partial charge in [-0.2, -0.15) is 0 Å². The van der Waals surface area contributed by atoms with Crippen LogP contribution in [-0.4, -0.2) is 31.6 Å². The van der Waals surface area contributed by atoms with Gasteiger partial charge in [-0.3, -0.25) is 4.79 Å². The fraction of sp³-hybridized carbons (Fsp3) is 0.200. The second-order valence-electron chi connectivity index (χ2n) is 2.69. The number of methoxy groups -OCH3 is 2. The molecule has 0 aliphatic carbocycles. The van der Waals surface area contributed by atoms with Gasteiger partial charge in [0, 0.05) is 0 Å². The molecule has 0 spiro atoms. The second kappa shape index (κ2) is 4.45. The molecule has 0 aliphatic rings. The monoisotopic (exact) mass is 210 g/mol. The molecule has 0 amide bonds. The Morgan fingerprint density at radius 1 is 1.40 bits per heavy atom. The van der Waals surface area contributed by atoms with Crippen LogP contribution in [0.4, 0.5) is 0 Å². The molecule has 0 fully saturated rings. The smallest absolute Gasteiger partial charge is 0.341 e. The number of ether oxygens (including phenoxy) is 2. The van der Waals surface area contributed by atoms with Crippen molar-refractivity contribution in [3.05, 3.63) is 23.3 Å². The lowest BCUT2D eigenvalue weighted by Crippen LogP contribution is -2.03. The summed E-state index contributed by atoms with van der Waals surface area (Å²) < 4.78 is 9.28. The van der Waals surface area contributed by atoms with Crippen LogP contribution in [-0.2, 0) is 4.74 Å². The summed E-state index contributed by atoms with van der Waals surface area (Å²) in [5.74, 6) is -0.940. The number of aromatic hydroxyl groups is 1. The highest BCUT2D eigenvalue weighted by Gasteiger charge is 2.17. The number of aldehydes is 1. The quantitative estimate of drug-likeness (QED) is 0.595. The Morgan fingerprint density at radius 3 is 2.53 bits per heavy atom. The molecule has 80 valence electrons. The van der Waals surface area contributed by atoms with E-state index in [0.717, 1.165) is 0 Å². The van der Waals surface area contributed by atoms with E-state index in [-0.39, 0.29) is 16.9 Å². The number of rotatable bonds is 3. The van der Waals surface area contributed by atoms with Gasteiger partial charge in [0.25, 0.3) is 0 Å². The number of hydrogen-bond acceptors (Lipinski definition) is 5. The maximum Gasteiger partial charge on any atom is 0.341 e. The molecule has 15 heavy (non-hydrogen) atoms. The summed E-state index contributed by atoms with van der Waals surface area (Å²) in [5, 5.41) is 9.59. The molecule has 0 unspecified atom stereocenters. The van der Waals surface area contributed by atoms with Gasteiger partial charge in [0.1, 0.15) is 17.1 Å². The Morgan fingerprint density at radius 2 is 2.07 bits per heavy atom. The molecule has 0 aliphatic heterocycles. The molecular weight excluding hydrogens is 200 g/mol. The van der Waals surface area contributed by atoms with E-state index in [0.29, 0.717) is 6.29 Å². The average molecular weight is 210 g/mol. The van der Waals surface area contributed by atoms with Crippen LogP contribution in [0.3, 0.4) is 0 Å². The zero-order valence-electron chi connectivity index (χ0n) is 8.31. The molecule has 0 aromatic heterocycles. The van der Waals surface area contributed by atoms with Crippen LogP contribution >= 0.6 is 0 Å². The standard InChI is InChI=1S/C10H10O5/c1-14-8-4-3-6(10(13)15-2)9(12)7(8)5-11/h3-5,12H,1-2H3. The van der Waals surface area contributed by atoms with Crippen LogP contribution in [0.2, 0.25) is 0 Å². The van der Waals surface area contributed by atoms with Gasteiger partial charge in [0.05, 0.1) is 19.8 Å². The lowest BCUT2D eigenvalue weighted by Gasteiger charge is -2.08. The minimum atomic E-state index is -0.710. The SMILES string of the molecule is COC(=O)c1ccc(OC)c(C=O)c1O. The molecule has 1 N–H and O–H groups in total. The molecule has 5 nitrogen and oxygen atoms in total. The molecule has 1 aromatic rings. The van der Waals surface area contributed by atoms with E-state index in [1.165, 1.54) is 26.4 Å². The van der Waals surface area contributed by atoms with Gasteiger partial charge in [-0.15, -0.1) is 0 Å². The Bertz CT molecular complexity index is 397. The average Bonchev–Trinajstić information content (AvgIpc) is 2.27. The Balaban J connectivity index is 3.35. The Labute approximate surface area is 86.2 Å². The zero-order chi connectivity index (χ0) is 11.4. The third-order valence-electron chi connectivity index (χ3n) is 1.92. The Hall–Kier alpha value is -2.04. The van der Waals surface area contributed by atoms with Crippen LogP contribution in [0.1, 0.15) is 20.7 Å². The molecule has 0 heterocycles. The van der Waals surface area contributed by atoms with Crippen molar-refractivity contribution in [2.45, 2.75) is 0 Å². The lowest BCUT2D eigenvalue weighted by molar-refractivity contribution is 0.0597. The highest BCUT2D eigenvalue weighted by molar-refractivity contribution is 5.97. The second-order valence-corrected chi connectivity index (χ2v) is 2.69. The summed E-state index contributed by atoms with van der Waals surface area (Å²) in [5.41, 5.74) is -0.138. The van der Waals surface area contributed by atoms with Gasteiger partial charge in [-0.25, -0.2) is 4.79 Å². The molecule has 1 rings (SSSR count). The molecule has 1 aromatic carbocycles. The highest BCUT2D eigenvalue weighted by atomic mass is 16.5. The van der Waals surface area contributed by atoms with Crippen LogP contribution < -0.4 is 4.74 Å². The molecule has 5 heteroatoms. The van der Waals surface area contributed by atoms with E-state index in [2.05, 4.69) is 4.74 Å². The Kier molecular flexibility index (Phi) is 3.28. The van der Waals surface area contributed by atoms with E-state index in [1.54, 1.807) is 0 Å². The van der Waals surface area contributed by atoms with E-state index in [9.17, 15) is 14.7 Å². The maximum atomic E-state index is 11.2. The van der Waals surface area contributed by atoms with Crippen LogP contribution in [0.5, 0.6) is 11.5 Å². The first-order valence-corrected chi connectivity index (χ1v) is 4.09. The van der Waals surface area contributed by atoms with E-state index >= 15 is 0 Å². The fourth-order valence-corrected chi connectivity index (χ4v) is 1.16. The third-order valence-corrected chi connectivity index (χ3v) is 1.92. The number of esters is 1. The predicted molar refractivity (Wildman–Crippen MR) is 51.4 cm³/mol. The van der Waals surface area contributed by atoms with Gasteiger partial charge < -0.3 is 14.6 Å². The topological polar surface area (TPSA) is 72.8 Å². The first-order chi connectivity index (χ1) is 7.15. The zero-order valence-corrected chi connectivity index (χ0v) is 8.31. The summed E-state index contributed by atoms with van der Waals surface area (Å²) in [6, 6.07) is 2.74. The summed E-state index contributed by atoms with van der Waals surface area (Å²) in [7, 11) is 2.55. The summed E-state index contributed by atoms with van der Waals surface area (Å²) in [6.45, 7) is 0. The van der Waals surface area contributed by atoms with Gasteiger partial charge in [-0.1, -0.05) is 0 Å². The molecule has 0 atom stereocenters. The van der Waals surface area contributed by atoms with Crippen molar-refractivity contribution >= 4 is 12.3 Å². The minimum absolute atomic E-state index is 0.0691. The van der Waals surface area contributed by atoms with Crippen molar-refractivity contribution in [1.82, 2.24) is 0 Å². The van der Waals surface area contributed by atoms with Crippen molar-refractivity contribution in [3.63, 3.8) is 0 Å². The van der Waals surface area contributed by atoms with Gasteiger partial charge >= 0.3 is 5.97 Å². The summed E-state index contributed by atoms with van der Waals surface area (Å²) in [4.78, 5) is 21.8. The van der Waals surface area contributed by atoms with Gasteiger partial charge in [0.15, 0.2) is 6.29 Å². The van der Waals surface area contributed by atoms with Crippen molar-refractivity contribution in [3.8, 4) is 11.5 Å².